The van der Waals surface area contributed by atoms with E-state index in [-0.39, 0.29) is 11.0 Å². The Labute approximate surface area is 99.0 Å². The topological polar surface area (TPSA) is 77.2 Å². The maximum atomic E-state index is 11.2. The highest BCUT2D eigenvalue weighted by atomic mass is 32.1. The normalized spacial score (nSPS) is 11.6. The first-order chi connectivity index (χ1) is 7.54. The van der Waals surface area contributed by atoms with Crippen LogP contribution < -0.4 is 11.1 Å². The van der Waals surface area contributed by atoms with E-state index in [4.69, 9.17) is 18.0 Å². The minimum absolute atomic E-state index is 0.288. The van der Waals surface area contributed by atoms with Crippen LogP contribution >= 0.6 is 12.2 Å². The molecule has 16 heavy (non-hydrogen) atoms. The molecule has 0 aromatic carbocycles. The van der Waals surface area contributed by atoms with E-state index in [0.29, 0.717) is 11.4 Å². The maximum absolute atomic E-state index is 11.2. The number of hydrogen-bond acceptors (Lipinski definition) is 5. The van der Waals surface area contributed by atoms with E-state index < -0.39 is 6.04 Å². The molecule has 0 aliphatic carbocycles. The van der Waals surface area contributed by atoms with Crippen LogP contribution in [0.3, 0.4) is 0 Å². The van der Waals surface area contributed by atoms with Crippen LogP contribution in [0.4, 0.5) is 5.82 Å². The molecular weight excluding hydrogens is 226 g/mol. The van der Waals surface area contributed by atoms with Crippen molar-refractivity contribution >= 4 is 29.0 Å². The Bertz CT molecular complexity index is 409. The van der Waals surface area contributed by atoms with E-state index in [2.05, 4.69) is 15.0 Å². The average Bonchev–Trinajstić information content (AvgIpc) is 2.28. The lowest BCUT2D eigenvalue weighted by molar-refractivity contribution is -0.141. The van der Waals surface area contributed by atoms with Gasteiger partial charge in [0.25, 0.3) is 0 Å². The number of rotatable bonds is 4. The Morgan fingerprint density at radius 1 is 1.69 bits per heavy atom. The van der Waals surface area contributed by atoms with Crippen LogP contribution in [0.5, 0.6) is 0 Å². The van der Waals surface area contributed by atoms with Crippen LogP contribution in [-0.2, 0) is 9.53 Å². The third-order valence-corrected chi connectivity index (χ3v) is 2.20. The fourth-order valence-corrected chi connectivity index (χ4v) is 1.25. The van der Waals surface area contributed by atoms with Crippen LogP contribution in [0.1, 0.15) is 12.5 Å². The summed E-state index contributed by atoms with van der Waals surface area (Å²) in [6.07, 6.45) is 1.57. The van der Waals surface area contributed by atoms with Crippen molar-refractivity contribution in [1.82, 2.24) is 4.98 Å². The molecule has 1 aromatic rings. The maximum Gasteiger partial charge on any atom is 0.328 e. The molecule has 1 rings (SSSR count). The highest BCUT2D eigenvalue weighted by Crippen LogP contribution is 2.08. The first-order valence-electron chi connectivity index (χ1n) is 4.65. The van der Waals surface area contributed by atoms with Crippen molar-refractivity contribution in [2.24, 2.45) is 5.73 Å². The second-order valence-corrected chi connectivity index (χ2v) is 3.62. The minimum atomic E-state index is -0.473. The van der Waals surface area contributed by atoms with Crippen molar-refractivity contribution < 1.29 is 9.53 Å². The van der Waals surface area contributed by atoms with E-state index in [1.54, 1.807) is 25.3 Å². The molecule has 1 unspecified atom stereocenters. The number of nitrogens with two attached hydrogens (primary N) is 1. The van der Waals surface area contributed by atoms with Gasteiger partial charge in [0.1, 0.15) is 16.8 Å². The zero-order chi connectivity index (χ0) is 12.1. The highest BCUT2D eigenvalue weighted by molar-refractivity contribution is 7.80. The van der Waals surface area contributed by atoms with E-state index in [0.717, 1.165) is 0 Å². The fourth-order valence-electron chi connectivity index (χ4n) is 1.12. The summed E-state index contributed by atoms with van der Waals surface area (Å²) < 4.78 is 4.58. The average molecular weight is 239 g/mol. The van der Waals surface area contributed by atoms with E-state index in [1.807, 2.05) is 0 Å². The third-order valence-electron chi connectivity index (χ3n) is 1.96. The second-order valence-electron chi connectivity index (χ2n) is 3.18. The SMILES string of the molecule is COC(=O)C(C)Nc1cc(C(N)=S)ccn1. The van der Waals surface area contributed by atoms with Crippen LogP contribution in [0.25, 0.3) is 0 Å². The Kier molecular flexibility index (Phi) is 4.19. The van der Waals surface area contributed by atoms with Gasteiger partial charge in [-0.3, -0.25) is 0 Å². The summed E-state index contributed by atoms with van der Waals surface area (Å²) in [5, 5.41) is 2.89. The van der Waals surface area contributed by atoms with Crippen molar-refractivity contribution in [3.63, 3.8) is 0 Å². The molecule has 1 heterocycles. The number of carbonyl (C=O) groups is 1. The number of thiocarbonyl (C=S) groups is 1. The van der Waals surface area contributed by atoms with E-state index in [9.17, 15) is 4.79 Å². The number of hydrogen-bond donors (Lipinski definition) is 2. The van der Waals surface area contributed by atoms with Gasteiger partial charge < -0.3 is 15.8 Å². The van der Waals surface area contributed by atoms with E-state index >= 15 is 0 Å². The van der Waals surface area contributed by atoms with Crippen molar-refractivity contribution in [3.05, 3.63) is 23.9 Å². The minimum Gasteiger partial charge on any atom is -0.467 e. The summed E-state index contributed by atoms with van der Waals surface area (Å²) in [6.45, 7) is 1.68. The standard InChI is InChI=1S/C10H13N3O2S/c1-6(10(14)15-2)13-8-5-7(9(11)16)3-4-12-8/h3-6H,1-2H3,(H2,11,16)(H,12,13). The van der Waals surface area contributed by atoms with Gasteiger partial charge in [0.15, 0.2) is 0 Å². The largest absolute Gasteiger partial charge is 0.467 e. The number of aromatic nitrogens is 1. The van der Waals surface area contributed by atoms with Crippen LogP contribution in [-0.4, -0.2) is 29.1 Å². The Morgan fingerprint density at radius 3 is 2.94 bits per heavy atom. The number of anilines is 1. The molecule has 86 valence electrons. The Hall–Kier alpha value is -1.69. The molecule has 1 atom stereocenters. The van der Waals surface area contributed by atoms with Gasteiger partial charge in [-0.05, 0) is 19.1 Å². The summed E-state index contributed by atoms with van der Waals surface area (Å²) in [4.78, 5) is 15.5. The first-order valence-corrected chi connectivity index (χ1v) is 5.05. The van der Waals surface area contributed by atoms with E-state index in [1.165, 1.54) is 7.11 Å². The fraction of sp³-hybridized carbons (Fsp3) is 0.300. The van der Waals surface area contributed by atoms with Gasteiger partial charge in [0.2, 0.25) is 0 Å². The molecule has 1 aromatic heterocycles. The lowest BCUT2D eigenvalue weighted by Crippen LogP contribution is -2.27. The van der Waals surface area contributed by atoms with Crippen molar-refractivity contribution in [2.45, 2.75) is 13.0 Å². The highest BCUT2D eigenvalue weighted by Gasteiger charge is 2.13. The first kappa shape index (κ1) is 12.4. The lowest BCUT2D eigenvalue weighted by Gasteiger charge is -2.12. The van der Waals surface area contributed by atoms with Crippen molar-refractivity contribution in [1.29, 1.82) is 0 Å². The van der Waals surface area contributed by atoms with Gasteiger partial charge in [0.05, 0.1) is 7.11 Å². The molecule has 3 N–H and O–H groups in total. The van der Waals surface area contributed by atoms with Gasteiger partial charge in [-0.15, -0.1) is 0 Å². The van der Waals surface area contributed by atoms with Gasteiger partial charge in [-0.1, -0.05) is 12.2 Å². The molecule has 0 fully saturated rings. The third kappa shape index (κ3) is 3.16. The predicted octanol–water partition coefficient (Wildman–Crippen LogP) is 0.689. The monoisotopic (exact) mass is 239 g/mol. The molecular formula is C10H13N3O2S. The molecule has 6 heteroatoms. The van der Waals surface area contributed by atoms with Gasteiger partial charge >= 0.3 is 5.97 Å². The summed E-state index contributed by atoms with van der Waals surface area (Å²) in [6, 6.07) is 2.91. The van der Waals surface area contributed by atoms with Gasteiger partial charge in [0, 0.05) is 11.8 Å². The summed E-state index contributed by atoms with van der Waals surface area (Å²) in [5.74, 6) is 0.172. The van der Waals surface area contributed by atoms with Crippen LogP contribution in [0.15, 0.2) is 18.3 Å². The molecule has 0 saturated carbocycles. The number of methoxy groups -OCH3 is 1. The zero-order valence-electron chi connectivity index (χ0n) is 9.06. The molecule has 0 aliphatic rings. The van der Waals surface area contributed by atoms with Crippen molar-refractivity contribution in [2.75, 3.05) is 12.4 Å². The van der Waals surface area contributed by atoms with Gasteiger partial charge in [-0.25, -0.2) is 9.78 Å². The Morgan fingerprint density at radius 2 is 2.38 bits per heavy atom. The van der Waals surface area contributed by atoms with Crippen LogP contribution in [0.2, 0.25) is 0 Å². The smallest absolute Gasteiger partial charge is 0.328 e. The number of pyridine rings is 1. The predicted molar refractivity (Wildman–Crippen MR) is 65.2 cm³/mol. The number of nitrogens with one attached hydrogen (secondary N) is 1. The zero-order valence-corrected chi connectivity index (χ0v) is 9.88. The number of ether oxygens (including phenoxy) is 1. The molecule has 0 bridgehead atoms. The molecule has 0 radical (unpaired) electrons. The summed E-state index contributed by atoms with van der Waals surface area (Å²) >= 11 is 4.84. The second kappa shape index (κ2) is 5.41. The summed E-state index contributed by atoms with van der Waals surface area (Å²) in [7, 11) is 1.33. The van der Waals surface area contributed by atoms with Crippen molar-refractivity contribution in [3.8, 4) is 0 Å². The quantitative estimate of drug-likeness (QED) is 0.594. The molecule has 0 spiro atoms. The molecule has 0 amide bonds. The van der Waals surface area contributed by atoms with Gasteiger partial charge in [-0.2, -0.15) is 0 Å². The number of nitrogens with zero attached hydrogens (tertiary/aromatic N) is 1. The molecule has 0 aliphatic heterocycles. The summed E-state index contributed by atoms with van der Waals surface area (Å²) in [5.41, 5.74) is 6.18. The van der Waals surface area contributed by atoms with Crippen LogP contribution in [0, 0.1) is 0 Å². The molecule has 5 nitrogen and oxygen atoms in total. The number of esters is 1. The lowest BCUT2D eigenvalue weighted by atomic mass is 10.2. The Balaban J connectivity index is 2.78. The molecule has 0 saturated heterocycles. The number of carbonyl (C=O) groups excluding carboxylic acids is 1.